The third kappa shape index (κ3) is 0.980. The zero-order chi connectivity index (χ0) is 9.85. The molecule has 0 bridgehead atoms. The van der Waals surface area contributed by atoms with Gasteiger partial charge in [0, 0.05) is 0 Å². The van der Waals surface area contributed by atoms with E-state index in [1.54, 1.807) is 0 Å². The van der Waals surface area contributed by atoms with Crippen molar-refractivity contribution in [2.75, 3.05) is 0 Å². The lowest BCUT2D eigenvalue weighted by molar-refractivity contribution is 0.212. The van der Waals surface area contributed by atoms with Crippen LogP contribution in [-0.4, -0.2) is 0 Å². The molecule has 0 radical (unpaired) electrons. The van der Waals surface area contributed by atoms with Gasteiger partial charge in [-0.1, -0.05) is 41.0 Å². The number of rotatable bonds is 3. The summed E-state index contributed by atoms with van der Waals surface area (Å²) in [6.45, 7) is 12.2. The van der Waals surface area contributed by atoms with Crippen LogP contribution in [0.3, 0.4) is 0 Å². The van der Waals surface area contributed by atoms with Gasteiger partial charge in [0.1, 0.15) is 0 Å². The molecule has 5 unspecified atom stereocenters. The molecule has 2 rings (SSSR count). The monoisotopic (exact) mass is 180 g/mol. The third-order valence-corrected chi connectivity index (χ3v) is 5.38. The van der Waals surface area contributed by atoms with Crippen LogP contribution in [0.25, 0.3) is 0 Å². The van der Waals surface area contributed by atoms with Gasteiger partial charge in [0.25, 0.3) is 0 Å². The van der Waals surface area contributed by atoms with Gasteiger partial charge in [-0.2, -0.15) is 0 Å². The first-order valence-electron chi connectivity index (χ1n) is 5.95. The van der Waals surface area contributed by atoms with Crippen LogP contribution in [0.2, 0.25) is 0 Å². The van der Waals surface area contributed by atoms with Crippen LogP contribution >= 0.6 is 0 Å². The predicted octanol–water partition coefficient (Wildman–Crippen LogP) is 4.10. The Morgan fingerprint density at radius 2 is 2.00 bits per heavy atom. The molecule has 0 amide bonds. The van der Waals surface area contributed by atoms with Crippen LogP contribution in [-0.2, 0) is 0 Å². The van der Waals surface area contributed by atoms with Crippen LogP contribution in [0.4, 0.5) is 0 Å². The standard InChI is InChI=1S/C13H24/c1-6-9(2)7-12(4)11-10(3)8-13(11,12)5/h9-11H,6-8H2,1-5H3. The summed E-state index contributed by atoms with van der Waals surface area (Å²) >= 11 is 0. The summed E-state index contributed by atoms with van der Waals surface area (Å²) in [6, 6.07) is 0. The molecule has 0 nitrogen and oxygen atoms in total. The molecule has 2 aliphatic carbocycles. The van der Waals surface area contributed by atoms with Gasteiger partial charge in [-0.15, -0.1) is 0 Å². The van der Waals surface area contributed by atoms with E-state index in [0.29, 0.717) is 5.41 Å². The quantitative estimate of drug-likeness (QED) is 0.613. The highest BCUT2D eigenvalue weighted by Crippen LogP contribution is 2.84. The summed E-state index contributed by atoms with van der Waals surface area (Å²) < 4.78 is 0. The van der Waals surface area contributed by atoms with E-state index in [2.05, 4.69) is 34.6 Å². The van der Waals surface area contributed by atoms with E-state index < -0.39 is 0 Å². The second-order valence-corrected chi connectivity index (χ2v) is 6.21. The van der Waals surface area contributed by atoms with Crippen LogP contribution in [0.5, 0.6) is 0 Å². The fraction of sp³-hybridized carbons (Fsp3) is 1.00. The molecule has 2 fully saturated rings. The van der Waals surface area contributed by atoms with Crippen LogP contribution < -0.4 is 0 Å². The Morgan fingerprint density at radius 1 is 1.38 bits per heavy atom. The minimum absolute atomic E-state index is 0.710. The van der Waals surface area contributed by atoms with E-state index in [4.69, 9.17) is 0 Å². The lowest BCUT2D eigenvalue weighted by Gasteiger charge is -2.28. The Morgan fingerprint density at radius 3 is 2.31 bits per heavy atom. The molecule has 0 N–H and O–H groups in total. The Labute approximate surface area is 83.1 Å². The predicted molar refractivity (Wildman–Crippen MR) is 57.6 cm³/mol. The molecule has 2 aliphatic rings. The first-order chi connectivity index (χ1) is 5.95. The van der Waals surface area contributed by atoms with Crippen LogP contribution in [0.1, 0.15) is 53.9 Å². The Kier molecular flexibility index (Phi) is 1.85. The van der Waals surface area contributed by atoms with Crippen molar-refractivity contribution in [1.29, 1.82) is 0 Å². The second kappa shape index (κ2) is 2.52. The van der Waals surface area contributed by atoms with Crippen molar-refractivity contribution in [2.24, 2.45) is 28.6 Å². The lowest BCUT2D eigenvalue weighted by atomic mass is 9.77. The molecule has 76 valence electrons. The fourth-order valence-corrected chi connectivity index (χ4v) is 4.47. The zero-order valence-electron chi connectivity index (χ0n) is 9.85. The van der Waals surface area contributed by atoms with E-state index in [1.165, 1.54) is 19.3 Å². The summed E-state index contributed by atoms with van der Waals surface area (Å²) in [6.07, 6.45) is 4.31. The van der Waals surface area contributed by atoms with E-state index in [0.717, 1.165) is 23.2 Å². The average Bonchev–Trinajstić information content (AvgIpc) is 2.39. The summed E-state index contributed by atoms with van der Waals surface area (Å²) in [7, 11) is 0. The highest BCUT2D eigenvalue weighted by molar-refractivity contribution is 5.25. The van der Waals surface area contributed by atoms with Crippen molar-refractivity contribution < 1.29 is 0 Å². The van der Waals surface area contributed by atoms with Gasteiger partial charge in [-0.3, -0.25) is 0 Å². The van der Waals surface area contributed by atoms with Crippen molar-refractivity contribution in [2.45, 2.75) is 53.9 Å². The van der Waals surface area contributed by atoms with Gasteiger partial charge in [-0.25, -0.2) is 0 Å². The molecule has 0 aliphatic heterocycles. The highest BCUT2D eigenvalue weighted by Gasteiger charge is 2.77. The number of hydrogen-bond donors (Lipinski definition) is 0. The molecule has 0 aromatic heterocycles. The van der Waals surface area contributed by atoms with Gasteiger partial charge in [0.2, 0.25) is 0 Å². The first-order valence-corrected chi connectivity index (χ1v) is 5.95. The van der Waals surface area contributed by atoms with Crippen molar-refractivity contribution in [3.05, 3.63) is 0 Å². The summed E-state index contributed by atoms with van der Waals surface area (Å²) in [5, 5.41) is 0. The van der Waals surface area contributed by atoms with Crippen molar-refractivity contribution >= 4 is 0 Å². The van der Waals surface area contributed by atoms with Gasteiger partial charge < -0.3 is 0 Å². The summed E-state index contributed by atoms with van der Waals surface area (Å²) in [5.41, 5.74) is 1.46. The molecule has 0 heterocycles. The highest BCUT2D eigenvalue weighted by atomic mass is 14.8. The van der Waals surface area contributed by atoms with Gasteiger partial charge in [0.15, 0.2) is 0 Å². The van der Waals surface area contributed by atoms with Crippen molar-refractivity contribution in [3.63, 3.8) is 0 Å². The molecular formula is C13H24. The molecule has 2 saturated carbocycles. The van der Waals surface area contributed by atoms with Crippen LogP contribution in [0.15, 0.2) is 0 Å². The zero-order valence-corrected chi connectivity index (χ0v) is 9.85. The molecule has 13 heavy (non-hydrogen) atoms. The van der Waals surface area contributed by atoms with Gasteiger partial charge >= 0.3 is 0 Å². The second-order valence-electron chi connectivity index (χ2n) is 6.21. The maximum atomic E-state index is 2.54. The third-order valence-electron chi connectivity index (χ3n) is 5.38. The molecule has 0 aromatic rings. The topological polar surface area (TPSA) is 0 Å². The summed E-state index contributed by atoms with van der Waals surface area (Å²) in [4.78, 5) is 0. The molecule has 0 spiro atoms. The maximum absolute atomic E-state index is 2.54. The van der Waals surface area contributed by atoms with E-state index in [-0.39, 0.29) is 0 Å². The fourth-order valence-electron chi connectivity index (χ4n) is 4.47. The SMILES string of the molecule is CCC(C)CC1(C)C2C(C)CC21C. The minimum atomic E-state index is 0.710. The minimum Gasteiger partial charge on any atom is -0.0651 e. The Hall–Kier alpha value is 0. The van der Waals surface area contributed by atoms with E-state index in [1.807, 2.05) is 0 Å². The van der Waals surface area contributed by atoms with Gasteiger partial charge in [0.05, 0.1) is 0 Å². The molecular weight excluding hydrogens is 156 g/mol. The summed E-state index contributed by atoms with van der Waals surface area (Å²) in [5.74, 6) is 3.01. The smallest absolute Gasteiger partial charge is 0.0230 e. The van der Waals surface area contributed by atoms with E-state index >= 15 is 0 Å². The largest absolute Gasteiger partial charge is 0.0651 e. The first kappa shape index (κ1) is 9.55. The Balaban J connectivity index is 2.01. The molecule has 5 atom stereocenters. The van der Waals surface area contributed by atoms with Crippen molar-refractivity contribution in [1.82, 2.24) is 0 Å². The van der Waals surface area contributed by atoms with Gasteiger partial charge in [-0.05, 0) is 41.4 Å². The number of fused-ring (bicyclic) bond motifs is 1. The lowest BCUT2D eigenvalue weighted by Crippen LogP contribution is -2.20. The number of hydrogen-bond acceptors (Lipinski definition) is 0. The van der Waals surface area contributed by atoms with Crippen LogP contribution in [0, 0.1) is 28.6 Å². The van der Waals surface area contributed by atoms with E-state index in [9.17, 15) is 0 Å². The molecule has 0 aromatic carbocycles. The average molecular weight is 180 g/mol. The molecule has 0 saturated heterocycles. The normalized spacial score (nSPS) is 55.2. The Bertz CT molecular complexity index is 220. The molecule has 0 heteroatoms. The van der Waals surface area contributed by atoms with Crippen molar-refractivity contribution in [3.8, 4) is 0 Å². The maximum Gasteiger partial charge on any atom is -0.0230 e.